The van der Waals surface area contributed by atoms with Gasteiger partial charge in [-0.1, -0.05) is 17.7 Å². The normalized spacial score (nSPS) is 25.5. The van der Waals surface area contributed by atoms with Crippen LogP contribution < -0.4 is 11.1 Å². The average Bonchev–Trinajstić information content (AvgIpc) is 2.58. The Bertz CT molecular complexity index is 351. The van der Waals surface area contributed by atoms with E-state index in [1.807, 2.05) is 18.2 Å². The van der Waals surface area contributed by atoms with Gasteiger partial charge in [-0.25, -0.2) is 0 Å². The number of nitrogens with one attached hydrogen (secondary N) is 1. The minimum Gasteiger partial charge on any atom is -0.382 e. The second kappa shape index (κ2) is 4.42. The summed E-state index contributed by atoms with van der Waals surface area (Å²) >= 11 is 5.97. The lowest BCUT2D eigenvalue weighted by Gasteiger charge is -2.16. The van der Waals surface area contributed by atoms with Crippen molar-refractivity contribution in [3.8, 4) is 0 Å². The zero-order valence-corrected chi connectivity index (χ0v) is 9.72. The van der Waals surface area contributed by atoms with Crippen molar-refractivity contribution < 1.29 is 0 Å². The van der Waals surface area contributed by atoms with Crippen LogP contribution in [0.2, 0.25) is 5.02 Å². The maximum atomic E-state index is 5.97. The van der Waals surface area contributed by atoms with Crippen LogP contribution in [0.3, 0.4) is 0 Å². The topological polar surface area (TPSA) is 38.0 Å². The molecule has 2 rings (SSSR count). The van der Waals surface area contributed by atoms with Gasteiger partial charge in [-0.3, -0.25) is 0 Å². The summed E-state index contributed by atoms with van der Waals surface area (Å²) in [6, 6.07) is 6.82. The summed E-state index contributed by atoms with van der Waals surface area (Å²) in [5, 5.41) is 4.30. The summed E-state index contributed by atoms with van der Waals surface area (Å²) in [7, 11) is 0. The molecule has 3 heteroatoms. The van der Waals surface area contributed by atoms with Crippen molar-refractivity contribution in [2.24, 2.45) is 5.73 Å². The van der Waals surface area contributed by atoms with Gasteiger partial charge in [0, 0.05) is 22.8 Å². The Balaban J connectivity index is 2.07. The molecule has 0 amide bonds. The van der Waals surface area contributed by atoms with Gasteiger partial charge in [0.1, 0.15) is 0 Å². The molecule has 2 nitrogen and oxygen atoms in total. The van der Waals surface area contributed by atoms with Gasteiger partial charge >= 0.3 is 0 Å². The highest BCUT2D eigenvalue weighted by molar-refractivity contribution is 6.30. The first kappa shape index (κ1) is 10.8. The number of aryl methyl sites for hydroxylation is 1. The molecule has 3 N–H and O–H groups in total. The van der Waals surface area contributed by atoms with E-state index in [1.54, 1.807) is 0 Å². The summed E-state index contributed by atoms with van der Waals surface area (Å²) < 4.78 is 0. The second-order valence-corrected chi connectivity index (χ2v) is 4.81. The van der Waals surface area contributed by atoms with Gasteiger partial charge < -0.3 is 11.1 Å². The first-order valence-electron chi connectivity index (χ1n) is 5.43. The molecule has 0 radical (unpaired) electrons. The summed E-state index contributed by atoms with van der Waals surface area (Å²) in [5.41, 5.74) is 8.26. The molecular weight excluding hydrogens is 208 g/mol. The Morgan fingerprint density at radius 1 is 1.40 bits per heavy atom. The molecular formula is C12H17ClN2. The first-order valence-corrected chi connectivity index (χ1v) is 5.81. The van der Waals surface area contributed by atoms with Crippen molar-refractivity contribution in [3.63, 3.8) is 0 Å². The lowest BCUT2D eigenvalue weighted by atomic mass is 10.1. The summed E-state index contributed by atoms with van der Waals surface area (Å²) in [6.45, 7) is 2.09. The molecule has 0 saturated heterocycles. The molecule has 0 spiro atoms. The Labute approximate surface area is 95.8 Å². The van der Waals surface area contributed by atoms with Crippen molar-refractivity contribution in [1.82, 2.24) is 0 Å². The van der Waals surface area contributed by atoms with Crippen LogP contribution in [-0.4, -0.2) is 12.1 Å². The van der Waals surface area contributed by atoms with E-state index in [0.29, 0.717) is 12.1 Å². The summed E-state index contributed by atoms with van der Waals surface area (Å²) in [4.78, 5) is 0. The summed E-state index contributed by atoms with van der Waals surface area (Å²) in [6.07, 6.45) is 3.34. The highest BCUT2D eigenvalue weighted by Gasteiger charge is 2.21. The standard InChI is InChI=1S/C12H17ClN2/c1-8-2-3-9(13)6-12(8)15-11-5-4-10(14)7-11/h2-3,6,10-11,15H,4-5,7,14H2,1H3. The fourth-order valence-electron chi connectivity index (χ4n) is 2.12. The molecule has 82 valence electrons. The van der Waals surface area contributed by atoms with E-state index in [2.05, 4.69) is 12.2 Å². The predicted octanol–water partition coefficient (Wildman–Crippen LogP) is 2.94. The molecule has 1 fully saturated rings. The fraction of sp³-hybridized carbons (Fsp3) is 0.500. The quantitative estimate of drug-likeness (QED) is 0.811. The van der Waals surface area contributed by atoms with E-state index in [-0.39, 0.29) is 0 Å². The molecule has 0 bridgehead atoms. The van der Waals surface area contributed by atoms with E-state index in [9.17, 15) is 0 Å². The Hall–Kier alpha value is -0.730. The number of nitrogens with two attached hydrogens (primary N) is 1. The van der Waals surface area contributed by atoms with Gasteiger partial charge in [0.15, 0.2) is 0 Å². The van der Waals surface area contributed by atoms with Gasteiger partial charge in [-0.05, 0) is 43.9 Å². The van der Waals surface area contributed by atoms with Crippen molar-refractivity contribution in [2.75, 3.05) is 5.32 Å². The van der Waals surface area contributed by atoms with Crippen LogP contribution in [0.25, 0.3) is 0 Å². The zero-order chi connectivity index (χ0) is 10.8. The zero-order valence-electron chi connectivity index (χ0n) is 8.96. The summed E-state index contributed by atoms with van der Waals surface area (Å²) in [5.74, 6) is 0. The molecule has 0 aromatic heterocycles. The monoisotopic (exact) mass is 224 g/mol. The van der Waals surface area contributed by atoms with Gasteiger partial charge in [0.25, 0.3) is 0 Å². The van der Waals surface area contributed by atoms with Gasteiger partial charge in [-0.2, -0.15) is 0 Å². The maximum absolute atomic E-state index is 5.97. The highest BCUT2D eigenvalue weighted by atomic mass is 35.5. The third-order valence-corrected chi connectivity index (χ3v) is 3.27. The van der Waals surface area contributed by atoms with Crippen molar-refractivity contribution in [1.29, 1.82) is 0 Å². The van der Waals surface area contributed by atoms with Gasteiger partial charge in [-0.15, -0.1) is 0 Å². The van der Waals surface area contributed by atoms with Crippen LogP contribution in [0.4, 0.5) is 5.69 Å². The van der Waals surface area contributed by atoms with E-state index in [1.165, 1.54) is 5.56 Å². The molecule has 1 aromatic carbocycles. The van der Waals surface area contributed by atoms with Gasteiger partial charge in [0.05, 0.1) is 0 Å². The number of rotatable bonds is 2. The lowest BCUT2D eigenvalue weighted by molar-refractivity contribution is 0.687. The van der Waals surface area contributed by atoms with E-state index in [0.717, 1.165) is 30.0 Å². The van der Waals surface area contributed by atoms with Gasteiger partial charge in [0.2, 0.25) is 0 Å². The third-order valence-electron chi connectivity index (χ3n) is 3.03. The molecule has 2 atom stereocenters. The van der Waals surface area contributed by atoms with Crippen molar-refractivity contribution >= 4 is 17.3 Å². The molecule has 15 heavy (non-hydrogen) atoms. The number of hydrogen-bond acceptors (Lipinski definition) is 2. The van der Waals surface area contributed by atoms with Crippen molar-refractivity contribution in [3.05, 3.63) is 28.8 Å². The number of benzene rings is 1. The first-order chi connectivity index (χ1) is 7.15. The van der Waals surface area contributed by atoms with Crippen molar-refractivity contribution in [2.45, 2.75) is 38.3 Å². The third kappa shape index (κ3) is 2.64. The Morgan fingerprint density at radius 2 is 2.20 bits per heavy atom. The SMILES string of the molecule is Cc1ccc(Cl)cc1NC1CCC(N)C1. The van der Waals surface area contributed by atoms with Crippen LogP contribution in [0.5, 0.6) is 0 Å². The fourth-order valence-corrected chi connectivity index (χ4v) is 2.29. The molecule has 0 aliphatic heterocycles. The Morgan fingerprint density at radius 3 is 2.87 bits per heavy atom. The molecule has 2 unspecified atom stereocenters. The largest absolute Gasteiger partial charge is 0.382 e. The predicted molar refractivity (Wildman–Crippen MR) is 65.4 cm³/mol. The lowest BCUT2D eigenvalue weighted by Crippen LogP contribution is -2.21. The average molecular weight is 225 g/mol. The van der Waals surface area contributed by atoms with Crippen LogP contribution in [0.15, 0.2) is 18.2 Å². The maximum Gasteiger partial charge on any atom is 0.0426 e. The molecule has 1 saturated carbocycles. The minimum absolute atomic E-state index is 0.363. The van der Waals surface area contributed by atoms with Crippen LogP contribution in [0.1, 0.15) is 24.8 Å². The van der Waals surface area contributed by atoms with E-state index in [4.69, 9.17) is 17.3 Å². The van der Waals surface area contributed by atoms with Crippen LogP contribution in [-0.2, 0) is 0 Å². The van der Waals surface area contributed by atoms with E-state index >= 15 is 0 Å². The highest BCUT2D eigenvalue weighted by Crippen LogP contribution is 2.25. The molecule has 0 heterocycles. The second-order valence-electron chi connectivity index (χ2n) is 4.37. The smallest absolute Gasteiger partial charge is 0.0426 e. The minimum atomic E-state index is 0.363. The van der Waals surface area contributed by atoms with Crippen LogP contribution in [0, 0.1) is 6.92 Å². The molecule has 1 aromatic rings. The van der Waals surface area contributed by atoms with E-state index < -0.39 is 0 Å². The van der Waals surface area contributed by atoms with Crippen LogP contribution >= 0.6 is 11.6 Å². The molecule has 1 aliphatic rings. The number of halogens is 1. The Kier molecular flexibility index (Phi) is 3.17. The number of hydrogen-bond donors (Lipinski definition) is 2. The number of anilines is 1. The molecule has 1 aliphatic carbocycles.